The molecule has 3 aromatic rings. The van der Waals surface area contributed by atoms with Gasteiger partial charge in [0.25, 0.3) is 0 Å². The van der Waals surface area contributed by atoms with Gasteiger partial charge in [-0.05, 0) is 29.8 Å². The summed E-state index contributed by atoms with van der Waals surface area (Å²) in [5.74, 6) is 0. The fraction of sp³-hybridized carbons (Fsp3) is 0.158. The minimum absolute atomic E-state index is 0.257. The number of sulfonamides is 1. The van der Waals surface area contributed by atoms with Crippen molar-refractivity contribution in [2.75, 3.05) is 19.4 Å². The highest BCUT2D eigenvalue weighted by Gasteiger charge is 2.16. The number of fused-ring (bicyclic) bond motifs is 1. The third kappa shape index (κ3) is 3.52. The van der Waals surface area contributed by atoms with Crippen LogP contribution in [0, 0.1) is 11.3 Å². The molecule has 3 rings (SSSR count). The number of para-hydroxylation sites is 1. The lowest BCUT2D eigenvalue weighted by Crippen LogP contribution is -2.22. The van der Waals surface area contributed by atoms with E-state index in [4.69, 9.17) is 5.26 Å². The van der Waals surface area contributed by atoms with Crippen molar-refractivity contribution in [3.63, 3.8) is 0 Å². The van der Waals surface area contributed by atoms with Crippen LogP contribution in [-0.4, -0.2) is 31.8 Å². The van der Waals surface area contributed by atoms with E-state index < -0.39 is 10.0 Å². The summed E-state index contributed by atoms with van der Waals surface area (Å²) >= 11 is 0. The van der Waals surface area contributed by atoms with Gasteiger partial charge in [0.05, 0.1) is 10.4 Å². The number of nitrogens with one attached hydrogen (secondary N) is 1. The molecular weight excluding hydrogens is 348 g/mol. The number of nitriles is 1. The van der Waals surface area contributed by atoms with E-state index in [2.05, 4.69) is 16.4 Å². The van der Waals surface area contributed by atoms with E-state index in [0.29, 0.717) is 12.2 Å². The fourth-order valence-electron chi connectivity index (χ4n) is 2.57. The Labute approximate surface area is 152 Å². The summed E-state index contributed by atoms with van der Waals surface area (Å²) in [4.78, 5) is 4.55. The zero-order valence-electron chi connectivity index (χ0n) is 14.5. The first-order valence-corrected chi connectivity index (χ1v) is 9.41. The molecule has 2 aromatic carbocycles. The zero-order chi connectivity index (χ0) is 18.7. The minimum atomic E-state index is -3.43. The Hall–Kier alpha value is -2.95. The number of rotatable bonds is 5. The molecule has 1 N–H and O–H groups in total. The second-order valence-corrected chi connectivity index (χ2v) is 8.12. The number of anilines is 1. The van der Waals surface area contributed by atoms with Crippen molar-refractivity contribution >= 4 is 26.6 Å². The smallest absolute Gasteiger partial charge is 0.242 e. The van der Waals surface area contributed by atoms with Crippen molar-refractivity contribution < 1.29 is 8.42 Å². The van der Waals surface area contributed by atoms with Crippen LogP contribution < -0.4 is 5.32 Å². The molecule has 132 valence electrons. The molecule has 7 heteroatoms. The van der Waals surface area contributed by atoms with Gasteiger partial charge in [-0.3, -0.25) is 0 Å². The summed E-state index contributed by atoms with van der Waals surface area (Å²) in [7, 11) is -0.418. The molecule has 0 saturated carbocycles. The van der Waals surface area contributed by atoms with Crippen LogP contribution >= 0.6 is 0 Å². The van der Waals surface area contributed by atoms with Gasteiger partial charge in [-0.1, -0.05) is 30.3 Å². The van der Waals surface area contributed by atoms with Crippen molar-refractivity contribution in [2.45, 2.75) is 11.4 Å². The zero-order valence-corrected chi connectivity index (χ0v) is 15.3. The molecule has 6 nitrogen and oxygen atoms in total. The average molecular weight is 366 g/mol. The van der Waals surface area contributed by atoms with Crippen LogP contribution in [0.1, 0.15) is 11.3 Å². The van der Waals surface area contributed by atoms with Gasteiger partial charge in [0, 0.05) is 31.7 Å². The van der Waals surface area contributed by atoms with Crippen LogP contribution in [0.15, 0.2) is 59.5 Å². The van der Waals surface area contributed by atoms with Crippen LogP contribution in [0.3, 0.4) is 0 Å². The van der Waals surface area contributed by atoms with Crippen molar-refractivity contribution in [3.05, 3.63) is 65.9 Å². The van der Waals surface area contributed by atoms with Crippen LogP contribution in [0.5, 0.6) is 0 Å². The first kappa shape index (κ1) is 17.9. The fourth-order valence-corrected chi connectivity index (χ4v) is 3.47. The standard InChI is InChI=1S/C19H18N4O2S/c1-23(2)26(24,25)16-9-7-14(8-10-16)13-21-19-11-15(12-20)22-18-6-4-3-5-17(18)19/h3-11H,13H2,1-2H3,(H,21,22). The van der Waals surface area contributed by atoms with Crippen LogP contribution in [0.4, 0.5) is 5.69 Å². The van der Waals surface area contributed by atoms with E-state index in [1.54, 1.807) is 30.3 Å². The van der Waals surface area contributed by atoms with Gasteiger partial charge in [-0.15, -0.1) is 0 Å². The van der Waals surface area contributed by atoms with Crippen molar-refractivity contribution in [2.24, 2.45) is 0 Å². The summed E-state index contributed by atoms with van der Waals surface area (Å²) in [6, 6.07) is 18.1. The van der Waals surface area contributed by atoms with Gasteiger partial charge >= 0.3 is 0 Å². The number of benzene rings is 2. The van der Waals surface area contributed by atoms with Gasteiger partial charge in [0.1, 0.15) is 11.8 Å². The summed E-state index contributed by atoms with van der Waals surface area (Å²) in [6.07, 6.45) is 0. The van der Waals surface area contributed by atoms with Gasteiger partial charge in [0.2, 0.25) is 10.0 Å². The molecule has 0 aliphatic heterocycles. The average Bonchev–Trinajstić information content (AvgIpc) is 2.66. The number of hydrogen-bond acceptors (Lipinski definition) is 5. The molecule has 0 aliphatic carbocycles. The van der Waals surface area contributed by atoms with Crippen LogP contribution in [0.2, 0.25) is 0 Å². The molecule has 0 unspecified atom stereocenters. The second kappa shape index (κ2) is 7.12. The van der Waals surface area contributed by atoms with Gasteiger partial charge in [-0.2, -0.15) is 5.26 Å². The van der Waals surface area contributed by atoms with Gasteiger partial charge in [0.15, 0.2) is 0 Å². The lowest BCUT2D eigenvalue weighted by molar-refractivity contribution is 0.520. The van der Waals surface area contributed by atoms with Crippen molar-refractivity contribution in [3.8, 4) is 6.07 Å². The summed E-state index contributed by atoms with van der Waals surface area (Å²) in [6.45, 7) is 0.501. The summed E-state index contributed by atoms with van der Waals surface area (Å²) in [5, 5.41) is 13.4. The molecule has 1 aromatic heterocycles. The highest BCUT2D eigenvalue weighted by atomic mass is 32.2. The third-order valence-electron chi connectivity index (χ3n) is 4.02. The Morgan fingerprint density at radius 2 is 1.81 bits per heavy atom. The van der Waals surface area contributed by atoms with Gasteiger partial charge < -0.3 is 5.32 Å². The Balaban J connectivity index is 1.84. The van der Waals surface area contributed by atoms with E-state index in [1.807, 2.05) is 24.3 Å². The Bertz CT molecular complexity index is 1080. The number of hydrogen-bond donors (Lipinski definition) is 1. The Kier molecular flexibility index (Phi) is 4.89. The number of pyridine rings is 1. The molecule has 0 radical (unpaired) electrons. The van der Waals surface area contributed by atoms with Crippen LogP contribution in [0.25, 0.3) is 10.9 Å². The lowest BCUT2D eigenvalue weighted by Gasteiger charge is -2.13. The van der Waals surface area contributed by atoms with Crippen LogP contribution in [-0.2, 0) is 16.6 Å². The molecular formula is C19H18N4O2S. The summed E-state index contributed by atoms with van der Waals surface area (Å²) < 4.78 is 25.4. The Morgan fingerprint density at radius 3 is 2.46 bits per heavy atom. The maximum absolute atomic E-state index is 12.1. The van der Waals surface area contributed by atoms with E-state index in [-0.39, 0.29) is 4.90 Å². The van der Waals surface area contributed by atoms with E-state index in [1.165, 1.54) is 18.4 Å². The summed E-state index contributed by atoms with van der Waals surface area (Å²) in [5.41, 5.74) is 2.85. The molecule has 0 atom stereocenters. The topological polar surface area (TPSA) is 86.1 Å². The second-order valence-electron chi connectivity index (χ2n) is 5.97. The molecule has 26 heavy (non-hydrogen) atoms. The molecule has 1 heterocycles. The largest absolute Gasteiger partial charge is 0.380 e. The molecule has 0 spiro atoms. The monoisotopic (exact) mass is 366 g/mol. The van der Waals surface area contributed by atoms with E-state index in [9.17, 15) is 8.42 Å². The van der Waals surface area contributed by atoms with E-state index >= 15 is 0 Å². The highest BCUT2D eigenvalue weighted by Crippen LogP contribution is 2.24. The Morgan fingerprint density at radius 1 is 1.12 bits per heavy atom. The molecule has 0 fully saturated rings. The third-order valence-corrected chi connectivity index (χ3v) is 5.84. The maximum Gasteiger partial charge on any atom is 0.242 e. The first-order valence-electron chi connectivity index (χ1n) is 7.97. The van der Waals surface area contributed by atoms with E-state index in [0.717, 1.165) is 22.2 Å². The predicted octanol–water partition coefficient (Wildman–Crippen LogP) is 2.97. The molecule has 0 bridgehead atoms. The van der Waals surface area contributed by atoms with Crippen molar-refractivity contribution in [1.29, 1.82) is 5.26 Å². The number of nitrogens with zero attached hydrogens (tertiary/aromatic N) is 3. The molecule has 0 saturated heterocycles. The minimum Gasteiger partial charge on any atom is -0.380 e. The molecule has 0 amide bonds. The van der Waals surface area contributed by atoms with Gasteiger partial charge in [-0.25, -0.2) is 17.7 Å². The number of aromatic nitrogens is 1. The van der Waals surface area contributed by atoms with Crippen molar-refractivity contribution in [1.82, 2.24) is 9.29 Å². The molecule has 0 aliphatic rings. The maximum atomic E-state index is 12.1. The first-order chi connectivity index (χ1) is 12.4. The lowest BCUT2D eigenvalue weighted by atomic mass is 10.1. The normalized spacial score (nSPS) is 11.5. The highest BCUT2D eigenvalue weighted by molar-refractivity contribution is 7.89. The predicted molar refractivity (Wildman–Crippen MR) is 101 cm³/mol. The quantitative estimate of drug-likeness (QED) is 0.750. The SMILES string of the molecule is CN(C)S(=O)(=O)c1ccc(CNc2cc(C#N)nc3ccccc23)cc1.